The molecule has 0 saturated carbocycles. The second-order valence-corrected chi connectivity index (χ2v) is 5.77. The van der Waals surface area contributed by atoms with Crippen LogP contribution in [0.2, 0.25) is 0 Å². The van der Waals surface area contributed by atoms with Crippen LogP contribution in [-0.4, -0.2) is 16.9 Å². The maximum absolute atomic E-state index is 11.7. The van der Waals surface area contributed by atoms with Crippen molar-refractivity contribution in [2.45, 2.75) is 32.9 Å². The summed E-state index contributed by atoms with van der Waals surface area (Å²) in [4.78, 5) is 23.0. The highest BCUT2D eigenvalue weighted by Crippen LogP contribution is 2.18. The highest BCUT2D eigenvalue weighted by molar-refractivity contribution is 7.10. The van der Waals surface area contributed by atoms with Crippen molar-refractivity contribution in [2.75, 3.05) is 0 Å². The first-order chi connectivity index (χ1) is 7.78. The largest absolute Gasteiger partial charge is 0.456 e. The van der Waals surface area contributed by atoms with Crippen LogP contribution in [0.4, 0.5) is 4.79 Å². The SMILES string of the molecule is CC(C)(C)OC(=O)c1csc(CNC(=O)Cl)c1. The van der Waals surface area contributed by atoms with Crippen LogP contribution in [0.5, 0.6) is 0 Å². The Balaban J connectivity index is 2.61. The number of thiophene rings is 1. The van der Waals surface area contributed by atoms with E-state index in [4.69, 9.17) is 16.3 Å². The molecule has 0 unspecified atom stereocenters. The topological polar surface area (TPSA) is 55.4 Å². The number of halogens is 1. The molecule has 94 valence electrons. The minimum Gasteiger partial charge on any atom is -0.456 e. The molecule has 1 aromatic heterocycles. The highest BCUT2D eigenvalue weighted by atomic mass is 35.5. The standard InChI is InChI=1S/C11H14ClNO3S/c1-11(2,3)16-9(14)7-4-8(17-6-7)5-13-10(12)15/h4,6H,5H2,1-3H3,(H,13,15). The lowest BCUT2D eigenvalue weighted by Crippen LogP contribution is -2.23. The van der Waals surface area contributed by atoms with E-state index in [9.17, 15) is 9.59 Å². The van der Waals surface area contributed by atoms with Gasteiger partial charge in [0.2, 0.25) is 0 Å². The molecule has 0 fully saturated rings. The van der Waals surface area contributed by atoms with Gasteiger partial charge in [-0.1, -0.05) is 0 Å². The number of ether oxygens (including phenoxy) is 1. The summed E-state index contributed by atoms with van der Waals surface area (Å²) < 4.78 is 5.22. The van der Waals surface area contributed by atoms with E-state index in [1.54, 1.807) is 11.4 Å². The molecule has 17 heavy (non-hydrogen) atoms. The lowest BCUT2D eigenvalue weighted by Gasteiger charge is -2.18. The van der Waals surface area contributed by atoms with Crippen molar-refractivity contribution in [3.63, 3.8) is 0 Å². The molecule has 1 N–H and O–H groups in total. The average molecular weight is 276 g/mol. The summed E-state index contributed by atoms with van der Waals surface area (Å²) in [6.45, 7) is 5.75. The fourth-order valence-corrected chi connectivity index (χ4v) is 1.93. The Labute approximate surface area is 109 Å². The fourth-order valence-electron chi connectivity index (χ4n) is 1.07. The van der Waals surface area contributed by atoms with E-state index >= 15 is 0 Å². The van der Waals surface area contributed by atoms with Crippen LogP contribution in [0.15, 0.2) is 11.4 Å². The third-order valence-electron chi connectivity index (χ3n) is 1.69. The van der Waals surface area contributed by atoms with Crippen LogP contribution >= 0.6 is 22.9 Å². The van der Waals surface area contributed by atoms with Gasteiger partial charge in [0.05, 0.1) is 12.1 Å². The molecule has 0 aliphatic carbocycles. The van der Waals surface area contributed by atoms with Crippen molar-refractivity contribution in [3.8, 4) is 0 Å². The number of carbonyl (C=O) groups is 2. The van der Waals surface area contributed by atoms with Crippen LogP contribution in [0.3, 0.4) is 0 Å². The zero-order chi connectivity index (χ0) is 13.1. The van der Waals surface area contributed by atoms with E-state index in [1.165, 1.54) is 11.3 Å². The molecule has 1 heterocycles. The van der Waals surface area contributed by atoms with Crippen molar-refractivity contribution in [1.29, 1.82) is 0 Å². The molecule has 0 atom stereocenters. The second kappa shape index (κ2) is 5.51. The Kier molecular flexibility index (Phi) is 4.54. The van der Waals surface area contributed by atoms with E-state index < -0.39 is 11.0 Å². The van der Waals surface area contributed by atoms with E-state index in [2.05, 4.69) is 5.32 Å². The number of carbonyl (C=O) groups excluding carboxylic acids is 2. The van der Waals surface area contributed by atoms with Crippen LogP contribution in [0.1, 0.15) is 36.0 Å². The summed E-state index contributed by atoms with van der Waals surface area (Å²) in [5.41, 5.74) is -0.0208. The first kappa shape index (κ1) is 14.0. The van der Waals surface area contributed by atoms with Crippen molar-refractivity contribution >= 4 is 34.3 Å². The van der Waals surface area contributed by atoms with Gasteiger partial charge in [-0.2, -0.15) is 0 Å². The predicted molar refractivity (Wildman–Crippen MR) is 67.6 cm³/mol. The van der Waals surface area contributed by atoms with Gasteiger partial charge in [0, 0.05) is 10.3 Å². The van der Waals surface area contributed by atoms with E-state index in [0.717, 1.165) is 4.88 Å². The third-order valence-corrected chi connectivity index (χ3v) is 2.76. The lowest BCUT2D eigenvalue weighted by molar-refractivity contribution is 0.00701. The number of hydrogen-bond acceptors (Lipinski definition) is 4. The first-order valence-corrected chi connectivity index (χ1v) is 6.28. The Hall–Kier alpha value is -1.07. The Morgan fingerprint density at radius 1 is 1.47 bits per heavy atom. The Bertz CT molecular complexity index is 423. The monoisotopic (exact) mass is 275 g/mol. The quantitative estimate of drug-likeness (QED) is 0.524. The summed E-state index contributed by atoms with van der Waals surface area (Å²) in [6.07, 6.45) is 0. The molecule has 6 heteroatoms. The molecule has 0 radical (unpaired) electrons. The van der Waals surface area contributed by atoms with Gasteiger partial charge in [-0.3, -0.25) is 4.79 Å². The van der Waals surface area contributed by atoms with E-state index in [-0.39, 0.29) is 5.97 Å². The van der Waals surface area contributed by atoms with Gasteiger partial charge in [-0.25, -0.2) is 4.79 Å². The summed E-state index contributed by atoms with van der Waals surface area (Å²) >= 11 is 6.52. The van der Waals surface area contributed by atoms with Crippen LogP contribution < -0.4 is 5.32 Å². The van der Waals surface area contributed by atoms with E-state index in [1.807, 2.05) is 20.8 Å². The molecule has 1 amide bonds. The first-order valence-electron chi connectivity index (χ1n) is 5.02. The van der Waals surface area contributed by atoms with E-state index in [0.29, 0.717) is 12.1 Å². The van der Waals surface area contributed by atoms with Crippen LogP contribution in [-0.2, 0) is 11.3 Å². The fraction of sp³-hybridized carbons (Fsp3) is 0.455. The normalized spacial score (nSPS) is 11.1. The predicted octanol–water partition coefficient (Wildman–Crippen LogP) is 3.15. The molecule has 0 aromatic carbocycles. The minimum atomic E-state index is -0.614. The molecule has 0 spiro atoms. The summed E-state index contributed by atoms with van der Waals surface area (Å²) in [7, 11) is 0. The maximum Gasteiger partial charge on any atom is 0.339 e. The molecule has 4 nitrogen and oxygen atoms in total. The molecule has 0 bridgehead atoms. The molecule has 1 aromatic rings. The number of esters is 1. The Morgan fingerprint density at radius 3 is 2.65 bits per heavy atom. The molecule has 0 aliphatic rings. The summed E-state index contributed by atoms with van der Waals surface area (Å²) in [5.74, 6) is -0.364. The average Bonchev–Trinajstić information content (AvgIpc) is 2.60. The molecule has 0 aliphatic heterocycles. The van der Waals surface area contributed by atoms with Crippen LogP contribution in [0, 0.1) is 0 Å². The summed E-state index contributed by atoms with van der Waals surface area (Å²) in [6, 6.07) is 1.69. The van der Waals surface area contributed by atoms with Crippen molar-refractivity contribution in [1.82, 2.24) is 5.32 Å². The number of amides is 1. The van der Waals surface area contributed by atoms with Crippen LogP contribution in [0.25, 0.3) is 0 Å². The number of rotatable bonds is 3. The number of nitrogens with one attached hydrogen (secondary N) is 1. The molecular formula is C11H14ClNO3S. The van der Waals surface area contributed by atoms with Gasteiger partial charge in [0.15, 0.2) is 0 Å². The van der Waals surface area contributed by atoms with Gasteiger partial charge in [-0.05, 0) is 38.4 Å². The van der Waals surface area contributed by atoms with Gasteiger partial charge in [-0.15, -0.1) is 11.3 Å². The summed E-state index contributed by atoms with van der Waals surface area (Å²) in [5, 5.41) is 3.53. The third kappa shape index (κ3) is 5.19. The highest BCUT2D eigenvalue weighted by Gasteiger charge is 2.18. The minimum absolute atomic E-state index is 0.315. The van der Waals surface area contributed by atoms with Gasteiger partial charge in [0.1, 0.15) is 5.60 Å². The molecule has 0 saturated heterocycles. The molecular weight excluding hydrogens is 262 g/mol. The zero-order valence-electron chi connectivity index (χ0n) is 9.87. The van der Waals surface area contributed by atoms with Gasteiger partial charge < -0.3 is 10.1 Å². The van der Waals surface area contributed by atoms with Gasteiger partial charge >= 0.3 is 11.3 Å². The van der Waals surface area contributed by atoms with Crippen molar-refractivity contribution in [3.05, 3.63) is 21.9 Å². The maximum atomic E-state index is 11.7. The smallest absolute Gasteiger partial charge is 0.339 e. The van der Waals surface area contributed by atoms with Crippen molar-refractivity contribution < 1.29 is 14.3 Å². The molecule has 1 rings (SSSR count). The number of hydrogen-bond donors (Lipinski definition) is 1. The Morgan fingerprint density at radius 2 is 2.12 bits per heavy atom. The second-order valence-electron chi connectivity index (χ2n) is 4.43. The zero-order valence-corrected chi connectivity index (χ0v) is 11.4. The lowest BCUT2D eigenvalue weighted by atomic mass is 10.2. The van der Waals surface area contributed by atoms with Gasteiger partial charge in [0.25, 0.3) is 0 Å². The van der Waals surface area contributed by atoms with Crippen molar-refractivity contribution in [2.24, 2.45) is 0 Å².